The SMILES string of the molecule is CCCCCCCCCSc1ccc(-c2ccc(S)cc2)cc1. The zero-order valence-corrected chi connectivity index (χ0v) is 15.8. The number of unbranched alkanes of at least 4 members (excludes halogenated alkanes) is 6. The van der Waals surface area contributed by atoms with E-state index in [2.05, 4.69) is 56.0 Å². The summed E-state index contributed by atoms with van der Waals surface area (Å²) in [7, 11) is 0. The van der Waals surface area contributed by atoms with E-state index in [9.17, 15) is 0 Å². The molecule has 0 heterocycles. The van der Waals surface area contributed by atoms with Crippen LogP contribution in [0, 0.1) is 0 Å². The maximum absolute atomic E-state index is 4.34. The molecular formula is C21H28S2. The van der Waals surface area contributed by atoms with Crippen LogP contribution < -0.4 is 0 Å². The van der Waals surface area contributed by atoms with Crippen LogP contribution in [-0.4, -0.2) is 5.75 Å². The molecule has 2 heteroatoms. The highest BCUT2D eigenvalue weighted by Crippen LogP contribution is 2.25. The van der Waals surface area contributed by atoms with Crippen molar-refractivity contribution in [2.24, 2.45) is 0 Å². The standard InChI is InChI=1S/C21H28S2/c1-2-3-4-5-6-7-8-17-23-21-15-11-19(12-16-21)18-9-13-20(22)14-10-18/h9-16,22H,2-8,17H2,1H3. The van der Waals surface area contributed by atoms with Gasteiger partial charge in [-0.2, -0.15) is 0 Å². The molecule has 0 aliphatic rings. The second kappa shape index (κ2) is 10.8. The highest BCUT2D eigenvalue weighted by Gasteiger charge is 1.99. The lowest BCUT2D eigenvalue weighted by Gasteiger charge is -2.05. The van der Waals surface area contributed by atoms with Gasteiger partial charge in [-0.1, -0.05) is 69.7 Å². The van der Waals surface area contributed by atoms with Gasteiger partial charge in [-0.3, -0.25) is 0 Å². The number of hydrogen-bond acceptors (Lipinski definition) is 2. The molecule has 0 aliphatic heterocycles. The summed E-state index contributed by atoms with van der Waals surface area (Å²) in [6.07, 6.45) is 9.69. The molecule has 2 rings (SSSR count). The van der Waals surface area contributed by atoms with Crippen molar-refractivity contribution in [3.8, 4) is 11.1 Å². The number of thiol groups is 1. The first kappa shape index (κ1) is 18.5. The van der Waals surface area contributed by atoms with Crippen molar-refractivity contribution in [2.45, 2.75) is 61.7 Å². The van der Waals surface area contributed by atoms with Crippen molar-refractivity contribution in [1.29, 1.82) is 0 Å². The monoisotopic (exact) mass is 344 g/mol. The summed E-state index contributed by atoms with van der Waals surface area (Å²) < 4.78 is 0. The maximum Gasteiger partial charge on any atom is 0.00723 e. The molecule has 0 saturated carbocycles. The highest BCUT2D eigenvalue weighted by molar-refractivity contribution is 7.99. The minimum atomic E-state index is 1.01. The smallest absolute Gasteiger partial charge is 0.00723 e. The van der Waals surface area contributed by atoms with E-state index in [-0.39, 0.29) is 0 Å². The molecule has 0 radical (unpaired) electrons. The van der Waals surface area contributed by atoms with E-state index < -0.39 is 0 Å². The molecule has 0 nitrogen and oxygen atoms in total. The van der Waals surface area contributed by atoms with Crippen molar-refractivity contribution in [1.82, 2.24) is 0 Å². The Morgan fingerprint density at radius 3 is 1.83 bits per heavy atom. The second-order valence-corrected chi connectivity index (χ2v) is 7.73. The molecule has 23 heavy (non-hydrogen) atoms. The molecule has 0 unspecified atom stereocenters. The number of benzene rings is 2. The first-order valence-electron chi connectivity index (χ1n) is 8.82. The largest absolute Gasteiger partial charge is 0.143 e. The van der Waals surface area contributed by atoms with Gasteiger partial charge in [0.2, 0.25) is 0 Å². The van der Waals surface area contributed by atoms with Gasteiger partial charge in [0, 0.05) is 9.79 Å². The molecule has 0 saturated heterocycles. The zero-order valence-electron chi connectivity index (χ0n) is 14.1. The Hall–Kier alpha value is -0.860. The summed E-state index contributed by atoms with van der Waals surface area (Å²) in [4.78, 5) is 2.39. The Labute approximate surface area is 151 Å². The predicted octanol–water partition coefficient (Wildman–Crippen LogP) is 7.49. The van der Waals surface area contributed by atoms with E-state index in [1.165, 1.54) is 66.7 Å². The highest BCUT2D eigenvalue weighted by atomic mass is 32.2. The molecule has 2 aromatic rings. The molecule has 0 aliphatic carbocycles. The first-order valence-corrected chi connectivity index (χ1v) is 10.2. The molecule has 2 aromatic carbocycles. The summed E-state index contributed by atoms with van der Waals surface area (Å²) in [6.45, 7) is 2.28. The third-order valence-corrected chi connectivity index (χ3v) is 5.47. The van der Waals surface area contributed by atoms with Crippen LogP contribution in [0.4, 0.5) is 0 Å². The van der Waals surface area contributed by atoms with E-state index in [1.54, 1.807) is 0 Å². The molecule has 124 valence electrons. The molecule has 0 atom stereocenters. The van der Waals surface area contributed by atoms with Crippen LogP contribution in [0.3, 0.4) is 0 Å². The van der Waals surface area contributed by atoms with E-state index >= 15 is 0 Å². The summed E-state index contributed by atoms with van der Waals surface area (Å²) in [6, 6.07) is 17.3. The summed E-state index contributed by atoms with van der Waals surface area (Å²) in [5.74, 6) is 1.24. The van der Waals surface area contributed by atoms with Gasteiger partial charge in [0.15, 0.2) is 0 Å². The summed E-state index contributed by atoms with van der Waals surface area (Å²) in [5.41, 5.74) is 2.53. The van der Waals surface area contributed by atoms with Gasteiger partial charge < -0.3 is 0 Å². The molecular weight excluding hydrogens is 316 g/mol. The number of hydrogen-bond donors (Lipinski definition) is 1. The second-order valence-electron chi connectivity index (χ2n) is 6.04. The number of rotatable bonds is 10. The van der Waals surface area contributed by atoms with Crippen molar-refractivity contribution in [2.75, 3.05) is 5.75 Å². The van der Waals surface area contributed by atoms with Crippen LogP contribution >= 0.6 is 24.4 Å². The summed E-state index contributed by atoms with van der Waals surface area (Å²) >= 11 is 6.32. The van der Waals surface area contributed by atoms with Crippen molar-refractivity contribution >= 4 is 24.4 Å². The Kier molecular flexibility index (Phi) is 8.70. The minimum absolute atomic E-state index is 1.01. The molecule has 0 fully saturated rings. The third kappa shape index (κ3) is 7.05. The lowest BCUT2D eigenvalue weighted by atomic mass is 10.1. The van der Waals surface area contributed by atoms with E-state index in [4.69, 9.17) is 0 Å². The fourth-order valence-corrected chi connectivity index (χ4v) is 3.71. The molecule has 0 amide bonds. The van der Waals surface area contributed by atoms with Crippen LogP contribution in [0.15, 0.2) is 58.3 Å². The Morgan fingerprint density at radius 2 is 1.22 bits per heavy atom. The lowest BCUT2D eigenvalue weighted by Crippen LogP contribution is -1.83. The van der Waals surface area contributed by atoms with Crippen LogP contribution in [0.1, 0.15) is 51.9 Å². The average Bonchev–Trinajstić information content (AvgIpc) is 2.59. The Balaban J connectivity index is 1.68. The maximum atomic E-state index is 4.34. The van der Waals surface area contributed by atoms with E-state index in [1.807, 2.05) is 23.9 Å². The van der Waals surface area contributed by atoms with Gasteiger partial charge in [-0.05, 0) is 47.6 Å². The summed E-state index contributed by atoms with van der Waals surface area (Å²) in [5, 5.41) is 0. The Bertz CT molecular complexity index is 543. The average molecular weight is 345 g/mol. The van der Waals surface area contributed by atoms with Gasteiger partial charge in [0.1, 0.15) is 0 Å². The van der Waals surface area contributed by atoms with Gasteiger partial charge >= 0.3 is 0 Å². The van der Waals surface area contributed by atoms with Gasteiger partial charge in [0.25, 0.3) is 0 Å². The Morgan fingerprint density at radius 1 is 0.696 bits per heavy atom. The lowest BCUT2D eigenvalue weighted by molar-refractivity contribution is 0.603. The number of thioether (sulfide) groups is 1. The molecule has 0 N–H and O–H groups in total. The van der Waals surface area contributed by atoms with Gasteiger partial charge in [-0.25, -0.2) is 0 Å². The minimum Gasteiger partial charge on any atom is -0.143 e. The van der Waals surface area contributed by atoms with Gasteiger partial charge in [0.05, 0.1) is 0 Å². The van der Waals surface area contributed by atoms with Gasteiger partial charge in [-0.15, -0.1) is 24.4 Å². The van der Waals surface area contributed by atoms with Crippen molar-refractivity contribution in [3.63, 3.8) is 0 Å². The first-order chi connectivity index (χ1) is 11.3. The van der Waals surface area contributed by atoms with Crippen LogP contribution in [0.25, 0.3) is 11.1 Å². The fourth-order valence-electron chi connectivity index (χ4n) is 2.65. The van der Waals surface area contributed by atoms with Crippen LogP contribution in [0.2, 0.25) is 0 Å². The fraction of sp³-hybridized carbons (Fsp3) is 0.429. The topological polar surface area (TPSA) is 0 Å². The predicted molar refractivity (Wildman–Crippen MR) is 108 cm³/mol. The quantitative estimate of drug-likeness (QED) is 0.265. The molecule has 0 aromatic heterocycles. The van der Waals surface area contributed by atoms with Crippen LogP contribution in [0.5, 0.6) is 0 Å². The zero-order chi connectivity index (χ0) is 16.3. The van der Waals surface area contributed by atoms with Crippen molar-refractivity contribution < 1.29 is 0 Å². The van der Waals surface area contributed by atoms with E-state index in [0.717, 1.165) is 4.90 Å². The van der Waals surface area contributed by atoms with Crippen molar-refractivity contribution in [3.05, 3.63) is 48.5 Å². The molecule has 0 bridgehead atoms. The normalized spacial score (nSPS) is 10.9. The third-order valence-electron chi connectivity index (χ3n) is 4.07. The van der Waals surface area contributed by atoms with E-state index in [0.29, 0.717) is 0 Å². The molecule has 0 spiro atoms. The van der Waals surface area contributed by atoms with Crippen LogP contribution in [-0.2, 0) is 0 Å².